The van der Waals surface area contributed by atoms with Crippen molar-refractivity contribution in [1.82, 2.24) is 10.2 Å². The van der Waals surface area contributed by atoms with Crippen LogP contribution in [0.3, 0.4) is 0 Å². The highest BCUT2D eigenvalue weighted by atomic mass is 15.1. The Labute approximate surface area is 122 Å². The monoisotopic (exact) mass is 271 g/mol. The Morgan fingerprint density at radius 3 is 2.65 bits per heavy atom. The van der Waals surface area contributed by atoms with Crippen molar-refractivity contribution >= 4 is 0 Å². The predicted octanol–water partition coefficient (Wildman–Crippen LogP) is 2.62. The average Bonchev–Trinajstić information content (AvgIpc) is 2.50. The number of nitrogens with zero attached hydrogens (tertiary/aromatic N) is 2. The molecule has 1 aliphatic rings. The Morgan fingerprint density at radius 2 is 2.00 bits per heavy atom. The first-order chi connectivity index (χ1) is 9.79. The minimum Gasteiger partial charge on any atom is -0.315 e. The van der Waals surface area contributed by atoms with E-state index in [0.29, 0.717) is 0 Å². The van der Waals surface area contributed by atoms with Crippen LogP contribution in [-0.4, -0.2) is 38.1 Å². The van der Waals surface area contributed by atoms with Gasteiger partial charge in [-0.2, -0.15) is 5.26 Å². The summed E-state index contributed by atoms with van der Waals surface area (Å²) in [6.07, 6.45) is 3.87. The normalized spacial score (nSPS) is 18.6. The molecule has 1 aromatic rings. The van der Waals surface area contributed by atoms with Gasteiger partial charge in [-0.15, -0.1) is 0 Å². The molecule has 3 heteroatoms. The van der Waals surface area contributed by atoms with Crippen LogP contribution in [0.15, 0.2) is 30.3 Å². The summed E-state index contributed by atoms with van der Waals surface area (Å²) in [5.41, 5.74) is 1.11. The lowest BCUT2D eigenvalue weighted by Crippen LogP contribution is -2.32. The van der Waals surface area contributed by atoms with E-state index in [1.807, 2.05) is 30.3 Å². The highest BCUT2D eigenvalue weighted by Crippen LogP contribution is 2.19. The molecule has 0 aromatic heterocycles. The van der Waals surface area contributed by atoms with Crippen molar-refractivity contribution in [2.75, 3.05) is 33.2 Å². The maximum Gasteiger partial charge on any atom is 0.0837 e. The van der Waals surface area contributed by atoms with Crippen LogP contribution in [0.5, 0.6) is 0 Å². The summed E-state index contributed by atoms with van der Waals surface area (Å²) in [7, 11) is 2.20. The number of piperidine rings is 1. The van der Waals surface area contributed by atoms with Crippen molar-refractivity contribution in [3.05, 3.63) is 35.9 Å². The zero-order valence-corrected chi connectivity index (χ0v) is 12.4. The van der Waals surface area contributed by atoms with Gasteiger partial charge in [0, 0.05) is 6.54 Å². The molecule has 1 aliphatic heterocycles. The summed E-state index contributed by atoms with van der Waals surface area (Å²) in [4.78, 5) is 2.41. The Bertz CT molecular complexity index is 416. The van der Waals surface area contributed by atoms with Gasteiger partial charge in [0.05, 0.1) is 12.0 Å². The molecular formula is C17H25N3. The van der Waals surface area contributed by atoms with E-state index in [4.69, 9.17) is 0 Å². The maximum absolute atomic E-state index is 9.26. The second-order valence-corrected chi connectivity index (χ2v) is 5.83. The first-order valence-electron chi connectivity index (χ1n) is 7.63. The zero-order valence-electron chi connectivity index (χ0n) is 12.4. The molecule has 0 bridgehead atoms. The van der Waals surface area contributed by atoms with Gasteiger partial charge in [0.15, 0.2) is 0 Å². The lowest BCUT2D eigenvalue weighted by Gasteiger charge is -2.29. The van der Waals surface area contributed by atoms with Crippen molar-refractivity contribution in [3.8, 4) is 6.07 Å². The number of hydrogen-bond acceptors (Lipinski definition) is 3. The molecule has 0 saturated carbocycles. The van der Waals surface area contributed by atoms with Gasteiger partial charge in [0.25, 0.3) is 0 Å². The standard InChI is InChI=1S/C17H25N3/c1-20-11-8-15(9-12-20)7-10-19-14-17(13-18)16-5-3-2-4-6-16/h2-6,15,17,19H,7-12,14H2,1H3. The summed E-state index contributed by atoms with van der Waals surface area (Å²) in [5, 5.41) is 12.7. The van der Waals surface area contributed by atoms with Crippen molar-refractivity contribution in [1.29, 1.82) is 5.26 Å². The fourth-order valence-corrected chi connectivity index (χ4v) is 2.83. The molecule has 1 unspecified atom stereocenters. The predicted molar refractivity (Wildman–Crippen MR) is 82.5 cm³/mol. The average molecular weight is 271 g/mol. The molecule has 3 nitrogen and oxygen atoms in total. The SMILES string of the molecule is CN1CCC(CCNCC(C#N)c2ccccc2)CC1. The minimum atomic E-state index is -0.0336. The number of rotatable bonds is 6. The first-order valence-corrected chi connectivity index (χ1v) is 7.63. The van der Waals surface area contributed by atoms with E-state index in [1.54, 1.807) is 0 Å². The largest absolute Gasteiger partial charge is 0.315 e. The van der Waals surface area contributed by atoms with Crippen LogP contribution in [0.25, 0.3) is 0 Å². The third-order valence-corrected chi connectivity index (χ3v) is 4.27. The molecule has 0 spiro atoms. The molecule has 1 aromatic carbocycles. The number of benzene rings is 1. The van der Waals surface area contributed by atoms with Gasteiger partial charge < -0.3 is 10.2 Å². The number of likely N-dealkylation sites (tertiary alicyclic amines) is 1. The van der Waals surface area contributed by atoms with Crippen molar-refractivity contribution < 1.29 is 0 Å². The van der Waals surface area contributed by atoms with E-state index in [-0.39, 0.29) is 5.92 Å². The fraction of sp³-hybridized carbons (Fsp3) is 0.588. The van der Waals surface area contributed by atoms with E-state index in [2.05, 4.69) is 23.3 Å². The first kappa shape index (κ1) is 15.0. The fourth-order valence-electron chi connectivity index (χ4n) is 2.83. The summed E-state index contributed by atoms with van der Waals surface area (Å²) < 4.78 is 0. The number of nitrogens with one attached hydrogen (secondary N) is 1. The van der Waals surface area contributed by atoms with Crippen molar-refractivity contribution in [3.63, 3.8) is 0 Å². The van der Waals surface area contributed by atoms with E-state index in [9.17, 15) is 5.26 Å². The highest BCUT2D eigenvalue weighted by molar-refractivity contribution is 5.24. The van der Waals surface area contributed by atoms with Crippen LogP contribution in [0.1, 0.15) is 30.7 Å². The highest BCUT2D eigenvalue weighted by Gasteiger charge is 2.16. The summed E-state index contributed by atoms with van der Waals surface area (Å²) in [6.45, 7) is 4.25. The van der Waals surface area contributed by atoms with Gasteiger partial charge in [-0.3, -0.25) is 0 Å². The van der Waals surface area contributed by atoms with Crippen LogP contribution < -0.4 is 5.32 Å². The molecule has 0 radical (unpaired) electrons. The zero-order chi connectivity index (χ0) is 14.2. The van der Waals surface area contributed by atoms with Crippen molar-refractivity contribution in [2.45, 2.75) is 25.2 Å². The molecule has 20 heavy (non-hydrogen) atoms. The summed E-state index contributed by atoms with van der Waals surface area (Å²) in [6, 6.07) is 12.4. The Balaban J connectivity index is 1.66. The van der Waals surface area contributed by atoms with Gasteiger partial charge in [0.2, 0.25) is 0 Å². The molecule has 1 atom stereocenters. The lowest BCUT2D eigenvalue weighted by molar-refractivity contribution is 0.211. The molecule has 0 amide bonds. The molecule has 108 valence electrons. The molecule has 1 saturated heterocycles. The van der Waals surface area contributed by atoms with E-state index in [1.165, 1.54) is 32.4 Å². The van der Waals surface area contributed by atoms with E-state index < -0.39 is 0 Å². The van der Waals surface area contributed by atoms with Crippen LogP contribution in [0, 0.1) is 17.2 Å². The van der Waals surface area contributed by atoms with Gasteiger partial charge in [-0.05, 0) is 57.4 Å². The van der Waals surface area contributed by atoms with Gasteiger partial charge in [-0.1, -0.05) is 30.3 Å². The molecule has 2 rings (SSSR count). The van der Waals surface area contributed by atoms with Crippen LogP contribution in [0.4, 0.5) is 0 Å². The Hall–Kier alpha value is -1.37. The minimum absolute atomic E-state index is 0.0336. The summed E-state index contributed by atoms with van der Waals surface area (Å²) >= 11 is 0. The molecule has 1 fully saturated rings. The third kappa shape index (κ3) is 4.63. The second kappa shape index (κ2) is 8.04. The molecule has 0 aliphatic carbocycles. The van der Waals surface area contributed by atoms with E-state index >= 15 is 0 Å². The Morgan fingerprint density at radius 1 is 1.30 bits per heavy atom. The lowest BCUT2D eigenvalue weighted by atomic mass is 9.93. The number of hydrogen-bond donors (Lipinski definition) is 1. The maximum atomic E-state index is 9.26. The smallest absolute Gasteiger partial charge is 0.0837 e. The topological polar surface area (TPSA) is 39.1 Å². The molecule has 1 N–H and O–H groups in total. The van der Waals surface area contributed by atoms with Gasteiger partial charge in [-0.25, -0.2) is 0 Å². The molecular weight excluding hydrogens is 246 g/mol. The number of nitriles is 1. The Kier molecular flexibility index (Phi) is 6.04. The third-order valence-electron chi connectivity index (χ3n) is 4.27. The van der Waals surface area contributed by atoms with Crippen molar-refractivity contribution in [2.24, 2.45) is 5.92 Å². The second-order valence-electron chi connectivity index (χ2n) is 5.83. The van der Waals surface area contributed by atoms with Crippen LogP contribution in [-0.2, 0) is 0 Å². The van der Waals surface area contributed by atoms with Gasteiger partial charge in [0.1, 0.15) is 0 Å². The van der Waals surface area contributed by atoms with E-state index in [0.717, 1.165) is 24.6 Å². The molecule has 1 heterocycles. The quantitative estimate of drug-likeness (QED) is 0.808. The van der Waals surface area contributed by atoms with Gasteiger partial charge >= 0.3 is 0 Å². The van der Waals surface area contributed by atoms with Crippen LogP contribution in [0.2, 0.25) is 0 Å². The van der Waals surface area contributed by atoms with Crippen LogP contribution >= 0.6 is 0 Å². The summed E-state index contributed by atoms with van der Waals surface area (Å²) in [5.74, 6) is 0.824.